The average molecular weight is 350 g/mol. The van der Waals surface area contributed by atoms with Gasteiger partial charge in [-0.15, -0.1) is 11.3 Å². The topological polar surface area (TPSA) is 42.0 Å². The zero-order valence-corrected chi connectivity index (χ0v) is 15.3. The van der Waals surface area contributed by atoms with E-state index in [4.69, 9.17) is 0 Å². The number of carbonyl (C=O) groups excluding carboxylic acids is 1. The number of hydrogen-bond donors (Lipinski definition) is 1. The van der Waals surface area contributed by atoms with Crippen molar-refractivity contribution in [1.82, 2.24) is 10.3 Å². The summed E-state index contributed by atoms with van der Waals surface area (Å²) in [5.41, 5.74) is 3.05. The van der Waals surface area contributed by atoms with Gasteiger partial charge in [0.15, 0.2) is 0 Å². The molecule has 25 heavy (non-hydrogen) atoms. The lowest BCUT2D eigenvalue weighted by Gasteiger charge is -2.13. The van der Waals surface area contributed by atoms with Gasteiger partial charge in [0.1, 0.15) is 4.88 Å². The number of amides is 1. The van der Waals surface area contributed by atoms with Crippen LogP contribution in [0.4, 0.5) is 0 Å². The molecule has 0 saturated heterocycles. The summed E-state index contributed by atoms with van der Waals surface area (Å²) in [6.07, 6.45) is 1.86. The van der Waals surface area contributed by atoms with Crippen LogP contribution in [0.25, 0.3) is 11.3 Å². The van der Waals surface area contributed by atoms with Crippen molar-refractivity contribution in [3.63, 3.8) is 0 Å². The van der Waals surface area contributed by atoms with Crippen molar-refractivity contribution in [2.24, 2.45) is 0 Å². The zero-order chi connectivity index (χ0) is 17.6. The van der Waals surface area contributed by atoms with Gasteiger partial charge in [0.2, 0.25) is 0 Å². The molecule has 3 nitrogen and oxygen atoms in total. The van der Waals surface area contributed by atoms with Crippen LogP contribution < -0.4 is 5.32 Å². The first kappa shape index (κ1) is 17.4. The van der Waals surface area contributed by atoms with Crippen LogP contribution in [0.1, 0.15) is 33.6 Å². The molecule has 128 valence electrons. The summed E-state index contributed by atoms with van der Waals surface area (Å²) < 4.78 is 0. The molecule has 3 rings (SSSR count). The molecular formula is C21H22N2OS. The fraction of sp³-hybridized carbons (Fsp3) is 0.238. The molecule has 0 fully saturated rings. The highest BCUT2D eigenvalue weighted by Gasteiger charge is 2.19. The molecule has 1 aromatic heterocycles. The maximum absolute atomic E-state index is 12.7. The van der Waals surface area contributed by atoms with E-state index in [0.717, 1.165) is 29.1 Å². The zero-order valence-electron chi connectivity index (χ0n) is 14.5. The van der Waals surface area contributed by atoms with E-state index in [1.807, 2.05) is 55.5 Å². The Balaban J connectivity index is 1.67. The van der Waals surface area contributed by atoms with Crippen molar-refractivity contribution >= 4 is 17.2 Å². The number of aryl methyl sites for hydroxylation is 2. The number of rotatable bonds is 6. The van der Waals surface area contributed by atoms with Gasteiger partial charge in [0.05, 0.1) is 10.7 Å². The van der Waals surface area contributed by atoms with E-state index in [1.54, 1.807) is 0 Å². The second kappa shape index (κ2) is 8.08. The highest BCUT2D eigenvalue weighted by Crippen LogP contribution is 2.28. The van der Waals surface area contributed by atoms with E-state index in [9.17, 15) is 4.79 Å². The first-order valence-electron chi connectivity index (χ1n) is 8.51. The van der Waals surface area contributed by atoms with Crippen LogP contribution in [0, 0.1) is 6.92 Å². The van der Waals surface area contributed by atoms with Gasteiger partial charge >= 0.3 is 0 Å². The number of aromatic nitrogens is 1. The van der Waals surface area contributed by atoms with Crippen LogP contribution >= 0.6 is 11.3 Å². The lowest BCUT2D eigenvalue weighted by atomic mass is 10.1. The van der Waals surface area contributed by atoms with Gasteiger partial charge in [-0.2, -0.15) is 0 Å². The number of nitrogens with zero attached hydrogens (tertiary/aromatic N) is 1. The number of benzene rings is 2. The minimum Gasteiger partial charge on any atom is -0.349 e. The van der Waals surface area contributed by atoms with E-state index in [-0.39, 0.29) is 11.9 Å². The Morgan fingerprint density at radius 3 is 2.40 bits per heavy atom. The average Bonchev–Trinajstić information content (AvgIpc) is 3.04. The Kier molecular flexibility index (Phi) is 5.61. The highest BCUT2D eigenvalue weighted by molar-refractivity contribution is 7.14. The van der Waals surface area contributed by atoms with Crippen molar-refractivity contribution in [2.75, 3.05) is 0 Å². The van der Waals surface area contributed by atoms with Crippen LogP contribution in [0.3, 0.4) is 0 Å². The summed E-state index contributed by atoms with van der Waals surface area (Å²) in [6, 6.07) is 20.3. The molecule has 1 amide bonds. The summed E-state index contributed by atoms with van der Waals surface area (Å²) >= 11 is 1.45. The number of hydrogen-bond acceptors (Lipinski definition) is 3. The van der Waals surface area contributed by atoms with E-state index < -0.39 is 0 Å². The Bertz CT molecular complexity index is 828. The van der Waals surface area contributed by atoms with Crippen molar-refractivity contribution in [2.45, 2.75) is 32.7 Å². The largest absolute Gasteiger partial charge is 0.349 e. The molecule has 1 unspecified atom stereocenters. The molecule has 3 aromatic rings. The minimum atomic E-state index is -0.0370. The van der Waals surface area contributed by atoms with Gasteiger partial charge in [0.25, 0.3) is 5.91 Å². The fourth-order valence-corrected chi connectivity index (χ4v) is 3.61. The lowest BCUT2D eigenvalue weighted by Crippen LogP contribution is -2.32. The second-order valence-electron chi connectivity index (χ2n) is 6.18. The van der Waals surface area contributed by atoms with E-state index in [2.05, 4.69) is 29.4 Å². The molecule has 0 saturated carbocycles. The smallest absolute Gasteiger partial charge is 0.263 e. The summed E-state index contributed by atoms with van der Waals surface area (Å²) in [5.74, 6) is -0.0370. The number of thiazole rings is 1. The van der Waals surface area contributed by atoms with Gasteiger partial charge in [-0.05, 0) is 32.3 Å². The third kappa shape index (κ3) is 4.54. The monoisotopic (exact) mass is 350 g/mol. The predicted octanol–water partition coefficient (Wildman–Crippen LogP) is 4.87. The molecule has 0 aliphatic rings. The number of carbonyl (C=O) groups is 1. The molecule has 0 radical (unpaired) electrons. The van der Waals surface area contributed by atoms with Crippen LogP contribution in [0.5, 0.6) is 0 Å². The quantitative estimate of drug-likeness (QED) is 0.689. The molecule has 0 aliphatic heterocycles. The van der Waals surface area contributed by atoms with Crippen LogP contribution in [0.15, 0.2) is 60.7 Å². The Hall–Kier alpha value is -2.46. The molecular weight excluding hydrogens is 328 g/mol. The minimum absolute atomic E-state index is 0.0370. The molecule has 0 bridgehead atoms. The SMILES string of the molecule is Cc1nc(-c2ccccc2)c(C(=O)NC(C)CCc2ccccc2)s1. The van der Waals surface area contributed by atoms with Crippen molar-refractivity contribution in [3.8, 4) is 11.3 Å². The Labute approximate surface area is 152 Å². The molecule has 4 heteroatoms. The highest BCUT2D eigenvalue weighted by atomic mass is 32.1. The Morgan fingerprint density at radius 1 is 1.08 bits per heavy atom. The van der Waals surface area contributed by atoms with Crippen LogP contribution in [-0.2, 0) is 6.42 Å². The van der Waals surface area contributed by atoms with Crippen molar-refractivity contribution in [3.05, 3.63) is 76.1 Å². The van der Waals surface area contributed by atoms with Crippen molar-refractivity contribution < 1.29 is 4.79 Å². The lowest BCUT2D eigenvalue weighted by molar-refractivity contribution is 0.0943. The standard InChI is InChI=1S/C21H22N2OS/c1-15(13-14-17-9-5-3-6-10-17)22-21(24)20-19(23-16(2)25-20)18-11-7-4-8-12-18/h3-12,15H,13-14H2,1-2H3,(H,22,24). The maximum atomic E-state index is 12.7. The van der Waals surface area contributed by atoms with Crippen molar-refractivity contribution in [1.29, 1.82) is 0 Å². The Morgan fingerprint density at radius 2 is 1.72 bits per heavy atom. The van der Waals surface area contributed by atoms with Gasteiger partial charge < -0.3 is 5.32 Å². The first-order valence-corrected chi connectivity index (χ1v) is 9.33. The van der Waals surface area contributed by atoms with Gasteiger partial charge in [-0.3, -0.25) is 4.79 Å². The third-order valence-corrected chi connectivity index (χ3v) is 5.04. The molecule has 0 spiro atoms. The van der Waals surface area contributed by atoms with E-state index >= 15 is 0 Å². The van der Waals surface area contributed by atoms with E-state index in [0.29, 0.717) is 4.88 Å². The van der Waals surface area contributed by atoms with E-state index in [1.165, 1.54) is 16.9 Å². The maximum Gasteiger partial charge on any atom is 0.263 e. The summed E-state index contributed by atoms with van der Waals surface area (Å²) in [7, 11) is 0. The summed E-state index contributed by atoms with van der Waals surface area (Å²) in [6.45, 7) is 3.99. The normalized spacial score (nSPS) is 11.9. The summed E-state index contributed by atoms with van der Waals surface area (Å²) in [5, 5.41) is 4.03. The van der Waals surface area contributed by atoms with Crippen LogP contribution in [-0.4, -0.2) is 16.9 Å². The molecule has 1 atom stereocenters. The van der Waals surface area contributed by atoms with Gasteiger partial charge in [-0.25, -0.2) is 4.98 Å². The summed E-state index contributed by atoms with van der Waals surface area (Å²) in [4.78, 5) is 18.0. The molecule has 2 aromatic carbocycles. The number of nitrogens with one attached hydrogen (secondary N) is 1. The van der Waals surface area contributed by atoms with Crippen LogP contribution in [0.2, 0.25) is 0 Å². The predicted molar refractivity (Wildman–Crippen MR) is 104 cm³/mol. The first-order chi connectivity index (χ1) is 12.1. The third-order valence-electron chi connectivity index (χ3n) is 4.07. The van der Waals surface area contributed by atoms with Gasteiger partial charge in [-0.1, -0.05) is 60.7 Å². The van der Waals surface area contributed by atoms with Gasteiger partial charge in [0, 0.05) is 11.6 Å². The molecule has 1 heterocycles. The molecule has 0 aliphatic carbocycles. The fourth-order valence-electron chi connectivity index (χ4n) is 2.76. The molecule has 1 N–H and O–H groups in total. The second-order valence-corrected chi connectivity index (χ2v) is 7.38.